The van der Waals surface area contributed by atoms with E-state index in [-0.39, 0.29) is 5.82 Å². The van der Waals surface area contributed by atoms with Crippen LogP contribution in [0.3, 0.4) is 0 Å². The summed E-state index contributed by atoms with van der Waals surface area (Å²) in [6.07, 6.45) is 3.60. The predicted molar refractivity (Wildman–Crippen MR) is 101 cm³/mol. The van der Waals surface area contributed by atoms with Gasteiger partial charge in [0.15, 0.2) is 0 Å². The van der Waals surface area contributed by atoms with E-state index in [4.69, 9.17) is 4.74 Å². The zero-order chi connectivity index (χ0) is 18.8. The summed E-state index contributed by atoms with van der Waals surface area (Å²) in [5.41, 5.74) is 1.07. The monoisotopic (exact) mass is 374 g/mol. The number of nitrogens with zero attached hydrogens (tertiary/aromatic N) is 4. The second-order valence-electron chi connectivity index (χ2n) is 7.49. The lowest BCUT2D eigenvalue weighted by atomic mass is 10.0. The van der Waals surface area contributed by atoms with E-state index in [0.717, 1.165) is 52.4 Å². The van der Waals surface area contributed by atoms with Crippen molar-refractivity contribution in [3.63, 3.8) is 0 Å². The summed E-state index contributed by atoms with van der Waals surface area (Å²) in [6.45, 7) is 6.05. The molecular weight excluding hydrogens is 347 g/mol. The van der Waals surface area contributed by atoms with Gasteiger partial charge in [-0.15, -0.1) is 0 Å². The number of benzene rings is 1. The maximum atomic E-state index is 14.8. The Balaban J connectivity index is 1.50. The normalized spacial score (nSPS) is 22.3. The number of ether oxygens (including phenoxy) is 1. The summed E-state index contributed by atoms with van der Waals surface area (Å²) in [5.74, 6) is 0.839. The molecule has 0 radical (unpaired) electrons. The van der Waals surface area contributed by atoms with E-state index in [0.29, 0.717) is 23.0 Å². The molecule has 2 atom stereocenters. The van der Waals surface area contributed by atoms with Crippen LogP contribution < -0.4 is 4.90 Å². The highest BCUT2D eigenvalue weighted by atomic mass is 19.1. The summed E-state index contributed by atoms with van der Waals surface area (Å²) in [5, 5.41) is 10.8. The number of aliphatic hydroxyl groups is 1. The molecule has 2 aromatic rings. The quantitative estimate of drug-likeness (QED) is 0.865. The van der Waals surface area contributed by atoms with Crippen LogP contribution in [0.2, 0.25) is 0 Å². The molecule has 3 heterocycles. The number of hydrogen-bond donors (Lipinski definition) is 1. The van der Waals surface area contributed by atoms with Gasteiger partial charge < -0.3 is 19.3 Å². The minimum absolute atomic E-state index is 0.293. The van der Waals surface area contributed by atoms with Crippen molar-refractivity contribution in [2.45, 2.75) is 12.5 Å². The number of piperazine rings is 1. The number of anilines is 1. The van der Waals surface area contributed by atoms with Gasteiger partial charge in [-0.3, -0.25) is 4.90 Å². The van der Waals surface area contributed by atoms with Crippen LogP contribution >= 0.6 is 0 Å². The third-order valence-corrected chi connectivity index (χ3v) is 5.64. The van der Waals surface area contributed by atoms with Crippen molar-refractivity contribution in [3.05, 3.63) is 47.8 Å². The third kappa shape index (κ3) is 3.85. The van der Waals surface area contributed by atoms with Gasteiger partial charge in [0.1, 0.15) is 17.7 Å². The highest BCUT2D eigenvalue weighted by Gasteiger charge is 2.28. The lowest BCUT2D eigenvalue weighted by molar-refractivity contribution is 0.164. The fourth-order valence-electron chi connectivity index (χ4n) is 4.11. The van der Waals surface area contributed by atoms with Crippen molar-refractivity contribution in [2.24, 2.45) is 13.0 Å². The zero-order valence-corrected chi connectivity index (χ0v) is 15.7. The maximum Gasteiger partial charge on any atom is 0.146 e. The van der Waals surface area contributed by atoms with E-state index >= 15 is 0 Å². The van der Waals surface area contributed by atoms with E-state index in [1.807, 2.05) is 7.05 Å². The van der Waals surface area contributed by atoms with Crippen LogP contribution in [0.5, 0.6) is 0 Å². The van der Waals surface area contributed by atoms with Gasteiger partial charge in [0.2, 0.25) is 0 Å². The van der Waals surface area contributed by atoms with Gasteiger partial charge in [0.05, 0.1) is 12.3 Å². The molecular formula is C20H27FN4O2. The molecule has 4 rings (SSSR count). The van der Waals surface area contributed by atoms with Crippen molar-refractivity contribution in [2.75, 3.05) is 50.8 Å². The largest absolute Gasteiger partial charge is 0.381 e. The van der Waals surface area contributed by atoms with Crippen LogP contribution in [0.25, 0.3) is 0 Å². The Hall–Kier alpha value is -1.96. The molecule has 0 aliphatic carbocycles. The molecule has 0 spiro atoms. The van der Waals surface area contributed by atoms with Crippen molar-refractivity contribution in [1.29, 1.82) is 0 Å². The van der Waals surface area contributed by atoms with E-state index in [2.05, 4.69) is 14.8 Å². The minimum Gasteiger partial charge on any atom is -0.381 e. The molecule has 2 aliphatic heterocycles. The number of imidazole rings is 1. The minimum atomic E-state index is -0.954. The summed E-state index contributed by atoms with van der Waals surface area (Å²) in [7, 11) is 1.83. The number of rotatable bonds is 5. The summed E-state index contributed by atoms with van der Waals surface area (Å²) < 4.78 is 22.0. The van der Waals surface area contributed by atoms with E-state index in [1.54, 1.807) is 29.1 Å². The van der Waals surface area contributed by atoms with Crippen LogP contribution in [0.4, 0.5) is 10.1 Å². The maximum absolute atomic E-state index is 14.8. The molecule has 0 unspecified atom stereocenters. The molecule has 1 aromatic heterocycles. The second-order valence-corrected chi connectivity index (χ2v) is 7.49. The van der Waals surface area contributed by atoms with Crippen LogP contribution in [0, 0.1) is 11.7 Å². The van der Waals surface area contributed by atoms with E-state index in [9.17, 15) is 9.50 Å². The molecule has 2 fully saturated rings. The predicted octanol–water partition coefficient (Wildman–Crippen LogP) is 1.80. The van der Waals surface area contributed by atoms with Crippen LogP contribution in [-0.4, -0.2) is 65.5 Å². The standard InChI is InChI=1S/C20H27FN4O2/c1-23-7-6-22-20(23)19(26)16-3-2-4-17(21)18(16)25-10-8-24(9-11-25)13-15-5-12-27-14-15/h2-4,6-7,15,19,26H,5,8-14H2,1H3/t15-,19-/m0/s1. The van der Waals surface area contributed by atoms with Crippen molar-refractivity contribution < 1.29 is 14.2 Å². The number of aliphatic hydroxyl groups excluding tert-OH is 1. The fraction of sp³-hybridized carbons (Fsp3) is 0.550. The molecule has 146 valence electrons. The third-order valence-electron chi connectivity index (χ3n) is 5.64. The summed E-state index contributed by atoms with van der Waals surface area (Å²) >= 11 is 0. The molecule has 2 aliphatic rings. The van der Waals surface area contributed by atoms with E-state index < -0.39 is 6.10 Å². The number of hydrogen-bond acceptors (Lipinski definition) is 5. The molecule has 0 saturated carbocycles. The van der Waals surface area contributed by atoms with Gasteiger partial charge in [0.25, 0.3) is 0 Å². The summed E-state index contributed by atoms with van der Waals surface area (Å²) in [6, 6.07) is 4.91. The Morgan fingerprint density at radius 2 is 2.11 bits per heavy atom. The van der Waals surface area contributed by atoms with Gasteiger partial charge in [-0.1, -0.05) is 12.1 Å². The molecule has 0 bridgehead atoms. The van der Waals surface area contributed by atoms with Crippen molar-refractivity contribution in [3.8, 4) is 0 Å². The Morgan fingerprint density at radius 3 is 2.78 bits per heavy atom. The average molecular weight is 374 g/mol. The molecule has 6 nitrogen and oxygen atoms in total. The Bertz CT molecular complexity index is 767. The molecule has 1 aromatic carbocycles. The Kier molecular flexibility index (Phi) is 5.43. The number of halogens is 1. The highest BCUT2D eigenvalue weighted by molar-refractivity contribution is 5.57. The number of aryl methyl sites for hydroxylation is 1. The first kappa shape index (κ1) is 18.4. The van der Waals surface area contributed by atoms with Crippen molar-refractivity contribution in [1.82, 2.24) is 14.5 Å². The lowest BCUT2D eigenvalue weighted by Crippen LogP contribution is -2.48. The topological polar surface area (TPSA) is 53.8 Å². The van der Waals surface area contributed by atoms with Gasteiger partial charge in [-0.2, -0.15) is 0 Å². The fourth-order valence-corrected chi connectivity index (χ4v) is 4.11. The molecule has 0 amide bonds. The van der Waals surface area contributed by atoms with Crippen LogP contribution in [-0.2, 0) is 11.8 Å². The lowest BCUT2D eigenvalue weighted by Gasteiger charge is -2.38. The zero-order valence-electron chi connectivity index (χ0n) is 15.7. The molecule has 1 N–H and O–H groups in total. The Morgan fingerprint density at radius 1 is 1.30 bits per heavy atom. The number of aromatic nitrogens is 2. The van der Waals surface area contributed by atoms with Gasteiger partial charge in [0, 0.05) is 64.3 Å². The van der Waals surface area contributed by atoms with Crippen LogP contribution in [0.1, 0.15) is 23.9 Å². The SMILES string of the molecule is Cn1ccnc1[C@@H](O)c1cccc(F)c1N1CCN(C[C@@H]2CCOC2)CC1. The van der Waals surface area contributed by atoms with Crippen LogP contribution in [0.15, 0.2) is 30.6 Å². The summed E-state index contributed by atoms with van der Waals surface area (Å²) in [4.78, 5) is 8.72. The first-order valence-corrected chi connectivity index (χ1v) is 9.62. The van der Waals surface area contributed by atoms with E-state index in [1.165, 1.54) is 6.07 Å². The van der Waals surface area contributed by atoms with Crippen molar-refractivity contribution >= 4 is 5.69 Å². The Labute approximate surface area is 159 Å². The number of para-hydroxylation sites is 1. The second kappa shape index (κ2) is 7.96. The van der Waals surface area contributed by atoms with Gasteiger partial charge >= 0.3 is 0 Å². The molecule has 2 saturated heterocycles. The van der Waals surface area contributed by atoms with Gasteiger partial charge in [-0.05, 0) is 18.4 Å². The van der Waals surface area contributed by atoms with Gasteiger partial charge in [-0.25, -0.2) is 9.37 Å². The first-order valence-electron chi connectivity index (χ1n) is 9.62. The average Bonchev–Trinajstić information content (AvgIpc) is 3.33. The molecule has 27 heavy (non-hydrogen) atoms. The molecule has 7 heteroatoms. The highest BCUT2D eigenvalue weighted by Crippen LogP contribution is 2.33. The smallest absolute Gasteiger partial charge is 0.146 e. The first-order chi connectivity index (χ1) is 13.1.